The number of nitro groups is 1. The molecule has 2 rings (SSSR count). The fourth-order valence-electron chi connectivity index (χ4n) is 2.45. The van der Waals surface area contributed by atoms with Crippen LogP contribution < -0.4 is 10.2 Å². The summed E-state index contributed by atoms with van der Waals surface area (Å²) in [5.74, 6) is -2.21. The Balaban J connectivity index is 2.50. The zero-order valence-corrected chi connectivity index (χ0v) is 10.5. The third-order valence-corrected chi connectivity index (χ3v) is 3.35. The third-order valence-electron chi connectivity index (χ3n) is 3.35. The molecule has 0 radical (unpaired) electrons. The van der Waals surface area contributed by atoms with Crippen molar-refractivity contribution in [3.05, 3.63) is 33.9 Å². The summed E-state index contributed by atoms with van der Waals surface area (Å²) in [6.07, 6.45) is 0.751. The van der Waals surface area contributed by atoms with Gasteiger partial charge in [-0.1, -0.05) is 0 Å². The van der Waals surface area contributed by atoms with Gasteiger partial charge in [0.1, 0.15) is 0 Å². The van der Waals surface area contributed by atoms with E-state index in [9.17, 15) is 18.9 Å². The summed E-state index contributed by atoms with van der Waals surface area (Å²) in [5, 5.41) is 14.1. The Kier molecular flexibility index (Phi) is 3.94. The summed E-state index contributed by atoms with van der Waals surface area (Å²) in [7, 11) is 0. The molecule has 1 fully saturated rings. The number of nitrogens with one attached hydrogen (secondary N) is 1. The first-order valence-electron chi connectivity index (χ1n) is 6.16. The second-order valence-corrected chi connectivity index (χ2v) is 4.42. The number of rotatable bonds is 4. The molecule has 7 heteroatoms. The van der Waals surface area contributed by atoms with Crippen LogP contribution in [-0.4, -0.2) is 30.6 Å². The number of hydrogen-bond donors (Lipinski definition) is 1. The molecule has 0 aliphatic carbocycles. The van der Waals surface area contributed by atoms with Crippen molar-refractivity contribution in [2.75, 3.05) is 24.5 Å². The van der Waals surface area contributed by atoms with E-state index in [4.69, 9.17) is 0 Å². The van der Waals surface area contributed by atoms with Gasteiger partial charge in [-0.2, -0.15) is 0 Å². The van der Waals surface area contributed by atoms with E-state index in [0.29, 0.717) is 13.1 Å². The van der Waals surface area contributed by atoms with E-state index in [1.54, 1.807) is 11.8 Å². The van der Waals surface area contributed by atoms with Gasteiger partial charge in [-0.25, -0.2) is 8.78 Å². The van der Waals surface area contributed by atoms with Crippen LogP contribution in [0.4, 0.5) is 20.2 Å². The van der Waals surface area contributed by atoms with Crippen LogP contribution in [0.1, 0.15) is 13.3 Å². The average molecular weight is 271 g/mol. The lowest BCUT2D eigenvalue weighted by Crippen LogP contribution is -2.38. The van der Waals surface area contributed by atoms with E-state index < -0.39 is 22.2 Å². The van der Waals surface area contributed by atoms with Gasteiger partial charge in [0.2, 0.25) is 0 Å². The average Bonchev–Trinajstić information content (AvgIpc) is 2.89. The van der Waals surface area contributed by atoms with Crippen LogP contribution in [-0.2, 0) is 0 Å². The van der Waals surface area contributed by atoms with Gasteiger partial charge in [-0.15, -0.1) is 0 Å². The van der Waals surface area contributed by atoms with Crippen LogP contribution in [0.25, 0.3) is 0 Å². The molecule has 1 aliphatic heterocycles. The Morgan fingerprint density at radius 1 is 1.53 bits per heavy atom. The largest absolute Gasteiger partial charge is 0.359 e. The van der Waals surface area contributed by atoms with E-state index in [1.165, 1.54) is 0 Å². The van der Waals surface area contributed by atoms with Gasteiger partial charge in [0, 0.05) is 25.2 Å². The molecule has 1 aromatic carbocycles. The van der Waals surface area contributed by atoms with Crippen LogP contribution in [0.2, 0.25) is 0 Å². The lowest BCUT2D eigenvalue weighted by Gasteiger charge is -2.29. The predicted molar refractivity (Wildman–Crippen MR) is 67.3 cm³/mol. The Bertz CT molecular complexity index is 490. The van der Waals surface area contributed by atoms with E-state index in [-0.39, 0.29) is 11.7 Å². The minimum absolute atomic E-state index is 0.0556. The zero-order chi connectivity index (χ0) is 14.0. The second-order valence-electron chi connectivity index (χ2n) is 4.42. The Hall–Kier alpha value is -1.76. The van der Waals surface area contributed by atoms with Crippen molar-refractivity contribution >= 4 is 11.4 Å². The van der Waals surface area contributed by atoms with Crippen molar-refractivity contribution in [2.45, 2.75) is 19.4 Å². The molecule has 0 amide bonds. The van der Waals surface area contributed by atoms with Crippen LogP contribution in [0.5, 0.6) is 0 Å². The highest BCUT2D eigenvalue weighted by Gasteiger charge is 2.31. The van der Waals surface area contributed by atoms with E-state index in [2.05, 4.69) is 5.32 Å². The van der Waals surface area contributed by atoms with Gasteiger partial charge < -0.3 is 10.2 Å². The SMILES string of the molecule is CCN(c1c([N+](=O)[O-])ccc(F)c1F)C1CCNC1. The normalized spacial score (nSPS) is 18.6. The highest BCUT2D eigenvalue weighted by Crippen LogP contribution is 2.34. The van der Waals surface area contributed by atoms with Crippen LogP contribution in [0.3, 0.4) is 0 Å². The molecule has 0 aromatic heterocycles. The maximum Gasteiger partial charge on any atom is 0.295 e. The molecule has 1 aliphatic rings. The molecule has 5 nitrogen and oxygen atoms in total. The van der Waals surface area contributed by atoms with Gasteiger partial charge >= 0.3 is 0 Å². The molecule has 1 unspecified atom stereocenters. The summed E-state index contributed by atoms with van der Waals surface area (Å²) >= 11 is 0. The number of likely N-dealkylation sites (N-methyl/N-ethyl adjacent to an activating group) is 1. The van der Waals surface area contributed by atoms with Gasteiger partial charge in [-0.05, 0) is 26.0 Å². The predicted octanol–water partition coefficient (Wildman–Crippen LogP) is 2.06. The molecule has 104 valence electrons. The molecule has 1 heterocycles. The molecular weight excluding hydrogens is 256 g/mol. The van der Waals surface area contributed by atoms with Crippen LogP contribution in [0, 0.1) is 21.7 Å². The number of benzene rings is 1. The highest BCUT2D eigenvalue weighted by molar-refractivity contribution is 5.65. The molecule has 19 heavy (non-hydrogen) atoms. The topological polar surface area (TPSA) is 58.4 Å². The van der Waals surface area contributed by atoms with Gasteiger partial charge in [0.25, 0.3) is 5.69 Å². The minimum Gasteiger partial charge on any atom is -0.359 e. The Morgan fingerprint density at radius 2 is 2.26 bits per heavy atom. The van der Waals surface area contributed by atoms with Crippen molar-refractivity contribution in [2.24, 2.45) is 0 Å². The fraction of sp³-hybridized carbons (Fsp3) is 0.500. The first-order valence-corrected chi connectivity index (χ1v) is 6.16. The molecule has 0 bridgehead atoms. The summed E-state index contributed by atoms with van der Waals surface area (Å²) < 4.78 is 27.3. The molecule has 1 atom stereocenters. The van der Waals surface area contributed by atoms with Crippen LogP contribution >= 0.6 is 0 Å². The monoisotopic (exact) mass is 271 g/mol. The maximum atomic E-state index is 14.0. The first-order chi connectivity index (χ1) is 9.06. The number of halogens is 2. The smallest absolute Gasteiger partial charge is 0.295 e. The molecular formula is C12H15F2N3O2. The molecule has 1 saturated heterocycles. The van der Waals surface area contributed by atoms with E-state index in [1.807, 2.05) is 0 Å². The van der Waals surface area contributed by atoms with Gasteiger partial charge in [-0.3, -0.25) is 10.1 Å². The first kappa shape index (κ1) is 13.7. The van der Waals surface area contributed by atoms with Crippen molar-refractivity contribution in [1.82, 2.24) is 5.32 Å². The number of anilines is 1. The molecule has 0 saturated carbocycles. The fourth-order valence-corrected chi connectivity index (χ4v) is 2.45. The lowest BCUT2D eigenvalue weighted by molar-refractivity contribution is -0.384. The summed E-state index contributed by atoms with van der Waals surface area (Å²) in [4.78, 5) is 11.9. The third kappa shape index (κ3) is 2.51. The summed E-state index contributed by atoms with van der Waals surface area (Å²) in [6, 6.07) is 1.75. The van der Waals surface area contributed by atoms with Crippen molar-refractivity contribution in [3.63, 3.8) is 0 Å². The molecule has 1 aromatic rings. The maximum absolute atomic E-state index is 14.0. The number of nitro benzene ring substituents is 1. The van der Waals surface area contributed by atoms with Gasteiger partial charge in [0.05, 0.1) is 4.92 Å². The van der Waals surface area contributed by atoms with Crippen molar-refractivity contribution in [1.29, 1.82) is 0 Å². The highest BCUT2D eigenvalue weighted by atomic mass is 19.2. The Labute approximate surface area is 109 Å². The lowest BCUT2D eigenvalue weighted by atomic mass is 10.1. The zero-order valence-electron chi connectivity index (χ0n) is 10.5. The molecule has 0 spiro atoms. The van der Waals surface area contributed by atoms with E-state index in [0.717, 1.165) is 25.1 Å². The number of hydrogen-bond acceptors (Lipinski definition) is 4. The molecule has 1 N–H and O–H groups in total. The standard InChI is InChI=1S/C12H15F2N3O2/c1-2-16(8-5-6-15-7-8)12-10(17(18)19)4-3-9(13)11(12)14/h3-4,8,15H,2,5-7H2,1H3. The van der Waals surface area contributed by atoms with Crippen molar-refractivity contribution in [3.8, 4) is 0 Å². The minimum atomic E-state index is -1.15. The summed E-state index contributed by atoms with van der Waals surface area (Å²) in [5.41, 5.74) is -0.645. The Morgan fingerprint density at radius 3 is 2.79 bits per heavy atom. The van der Waals surface area contributed by atoms with E-state index >= 15 is 0 Å². The van der Waals surface area contributed by atoms with Crippen molar-refractivity contribution < 1.29 is 13.7 Å². The number of nitrogens with zero attached hydrogens (tertiary/aromatic N) is 2. The van der Waals surface area contributed by atoms with Gasteiger partial charge in [0.15, 0.2) is 17.3 Å². The second kappa shape index (κ2) is 5.48. The van der Waals surface area contributed by atoms with Crippen LogP contribution in [0.15, 0.2) is 12.1 Å². The quantitative estimate of drug-likeness (QED) is 0.672. The summed E-state index contributed by atoms with van der Waals surface area (Å²) in [6.45, 7) is 3.53.